The number of hydrogen-bond donors (Lipinski definition) is 1. The van der Waals surface area contributed by atoms with Gasteiger partial charge >= 0.3 is 6.01 Å². The maximum Gasteiger partial charge on any atom is 0.322 e. The van der Waals surface area contributed by atoms with Crippen LogP contribution in [-0.2, 0) is 14.8 Å². The Labute approximate surface area is 193 Å². The first-order valence-electron chi connectivity index (χ1n) is 11.0. The molecule has 182 valence electrons. The second-order valence-corrected chi connectivity index (χ2v) is 9.32. The summed E-state index contributed by atoms with van der Waals surface area (Å²) in [5, 5.41) is 10.5. The van der Waals surface area contributed by atoms with Crippen molar-refractivity contribution in [1.82, 2.24) is 14.5 Å². The predicted octanol–water partition coefficient (Wildman–Crippen LogP) is 2.69. The molecule has 0 radical (unpaired) electrons. The maximum atomic E-state index is 12.8. The molecule has 1 atom stereocenters. The van der Waals surface area contributed by atoms with Crippen LogP contribution in [0.3, 0.4) is 0 Å². The molecule has 1 amide bonds. The summed E-state index contributed by atoms with van der Waals surface area (Å²) >= 11 is 0. The van der Waals surface area contributed by atoms with Gasteiger partial charge in [-0.1, -0.05) is 11.5 Å². The molecule has 33 heavy (non-hydrogen) atoms. The summed E-state index contributed by atoms with van der Waals surface area (Å²) in [6.45, 7) is 7.14. The standard InChI is InChI=1S/C21H30N4O7S/c1-5-29-16-12-14(13-17(30-6-2)18(16)31-7-3)20-23-24-21(32-20)22-19(26)15-10-8-9-11-25(15)33(4,27)28/h12-13,15H,5-11H2,1-4H3,(H,22,24,26). The molecule has 11 nitrogen and oxygen atoms in total. The molecule has 2 aromatic rings. The van der Waals surface area contributed by atoms with E-state index < -0.39 is 22.0 Å². The first-order chi connectivity index (χ1) is 15.8. The number of sulfonamides is 1. The number of amides is 1. The van der Waals surface area contributed by atoms with Gasteiger partial charge in [-0.2, -0.15) is 4.31 Å². The fourth-order valence-corrected chi connectivity index (χ4v) is 4.78. The highest BCUT2D eigenvalue weighted by Gasteiger charge is 2.35. The third-order valence-corrected chi connectivity index (χ3v) is 6.28. The number of nitrogens with one attached hydrogen (secondary N) is 1. The van der Waals surface area contributed by atoms with Crippen molar-refractivity contribution in [2.45, 2.75) is 46.1 Å². The molecule has 1 saturated heterocycles. The van der Waals surface area contributed by atoms with Gasteiger partial charge in [0.25, 0.3) is 0 Å². The molecule has 12 heteroatoms. The number of hydrogen-bond acceptors (Lipinski definition) is 9. The zero-order valence-corrected chi connectivity index (χ0v) is 20.1. The molecule has 1 aliphatic rings. The molecule has 0 saturated carbocycles. The van der Waals surface area contributed by atoms with E-state index in [1.165, 1.54) is 4.31 Å². The summed E-state index contributed by atoms with van der Waals surface area (Å²) in [6.07, 6.45) is 2.99. The molecule has 1 unspecified atom stereocenters. The Balaban J connectivity index is 1.85. The summed E-state index contributed by atoms with van der Waals surface area (Å²) in [6, 6.07) is 2.45. The Kier molecular flexibility index (Phi) is 8.14. The molecule has 1 aromatic heterocycles. The number of nitrogens with zero attached hydrogens (tertiary/aromatic N) is 3. The first-order valence-corrected chi connectivity index (χ1v) is 12.8. The van der Waals surface area contributed by atoms with Crippen LogP contribution < -0.4 is 19.5 Å². The molecule has 0 spiro atoms. The quantitative estimate of drug-likeness (QED) is 0.542. The number of rotatable bonds is 10. The highest BCUT2D eigenvalue weighted by atomic mass is 32.2. The van der Waals surface area contributed by atoms with E-state index in [2.05, 4.69) is 15.5 Å². The first kappa shape index (κ1) is 24.8. The Hall–Kier alpha value is -2.86. The Morgan fingerprint density at radius 2 is 1.73 bits per heavy atom. The van der Waals surface area contributed by atoms with Crippen LogP contribution in [0.5, 0.6) is 17.2 Å². The van der Waals surface area contributed by atoms with Gasteiger partial charge < -0.3 is 18.6 Å². The zero-order chi connectivity index (χ0) is 24.0. The van der Waals surface area contributed by atoms with Crippen LogP contribution >= 0.6 is 0 Å². The van der Waals surface area contributed by atoms with Gasteiger partial charge in [0.15, 0.2) is 11.5 Å². The highest BCUT2D eigenvalue weighted by Crippen LogP contribution is 2.41. The molecular formula is C21H30N4O7S. The van der Waals surface area contributed by atoms with E-state index in [9.17, 15) is 13.2 Å². The number of aromatic nitrogens is 2. The number of piperidine rings is 1. The second-order valence-electron chi connectivity index (χ2n) is 7.39. The van der Waals surface area contributed by atoms with Gasteiger partial charge in [0.1, 0.15) is 6.04 Å². The number of anilines is 1. The minimum Gasteiger partial charge on any atom is -0.490 e. The maximum absolute atomic E-state index is 12.8. The van der Waals surface area contributed by atoms with Crippen molar-refractivity contribution < 1.29 is 31.8 Å². The fourth-order valence-electron chi connectivity index (χ4n) is 3.66. The average molecular weight is 483 g/mol. The number of ether oxygens (including phenoxy) is 3. The summed E-state index contributed by atoms with van der Waals surface area (Å²) in [4.78, 5) is 12.8. The van der Waals surface area contributed by atoms with E-state index >= 15 is 0 Å². The highest BCUT2D eigenvalue weighted by molar-refractivity contribution is 7.88. The summed E-state index contributed by atoms with van der Waals surface area (Å²) in [5.74, 6) is 1.05. The predicted molar refractivity (Wildman–Crippen MR) is 121 cm³/mol. The van der Waals surface area contributed by atoms with E-state index in [0.717, 1.165) is 12.7 Å². The molecule has 1 aromatic carbocycles. The lowest BCUT2D eigenvalue weighted by molar-refractivity contribution is -0.120. The van der Waals surface area contributed by atoms with Crippen molar-refractivity contribution in [2.75, 3.05) is 37.9 Å². The second kappa shape index (κ2) is 10.8. The average Bonchev–Trinajstić information content (AvgIpc) is 3.24. The van der Waals surface area contributed by atoms with E-state index in [1.54, 1.807) is 12.1 Å². The van der Waals surface area contributed by atoms with Crippen LogP contribution in [-0.4, -0.2) is 67.5 Å². The van der Waals surface area contributed by atoms with Gasteiger partial charge in [-0.25, -0.2) is 8.42 Å². The molecule has 3 rings (SSSR count). The molecule has 0 aliphatic carbocycles. The van der Waals surface area contributed by atoms with Gasteiger partial charge in [0.05, 0.1) is 26.1 Å². The Morgan fingerprint density at radius 3 is 2.30 bits per heavy atom. The summed E-state index contributed by atoms with van der Waals surface area (Å²) < 4.78 is 48.1. The smallest absolute Gasteiger partial charge is 0.322 e. The monoisotopic (exact) mass is 482 g/mol. The van der Waals surface area contributed by atoms with Crippen LogP contribution in [0.2, 0.25) is 0 Å². The topological polar surface area (TPSA) is 133 Å². The van der Waals surface area contributed by atoms with Gasteiger partial charge in [-0.05, 0) is 45.7 Å². The number of carbonyl (C=O) groups is 1. The fraction of sp³-hybridized carbons (Fsp3) is 0.571. The van der Waals surface area contributed by atoms with Gasteiger partial charge in [0, 0.05) is 12.1 Å². The minimum absolute atomic E-state index is 0.126. The normalized spacial score (nSPS) is 16.9. The van der Waals surface area contributed by atoms with Gasteiger partial charge in [-0.3, -0.25) is 10.1 Å². The lowest BCUT2D eigenvalue weighted by atomic mass is 10.0. The minimum atomic E-state index is -3.51. The van der Waals surface area contributed by atoms with Crippen molar-refractivity contribution in [3.63, 3.8) is 0 Å². The number of carbonyl (C=O) groups excluding carboxylic acids is 1. The van der Waals surface area contributed by atoms with Crippen LogP contribution in [0.4, 0.5) is 6.01 Å². The molecule has 2 heterocycles. The van der Waals surface area contributed by atoms with Crippen molar-refractivity contribution in [3.8, 4) is 28.7 Å². The van der Waals surface area contributed by atoms with Crippen LogP contribution in [0, 0.1) is 0 Å². The molecule has 1 fully saturated rings. The third kappa shape index (κ3) is 5.93. The van der Waals surface area contributed by atoms with Crippen LogP contribution in [0.15, 0.2) is 16.5 Å². The molecule has 0 bridgehead atoms. The number of benzene rings is 1. The van der Waals surface area contributed by atoms with Crippen molar-refractivity contribution >= 4 is 21.9 Å². The third-order valence-electron chi connectivity index (χ3n) is 4.99. The van der Waals surface area contributed by atoms with E-state index in [1.807, 2.05) is 20.8 Å². The van der Waals surface area contributed by atoms with E-state index in [-0.39, 0.29) is 11.9 Å². The molecule has 1 N–H and O–H groups in total. The van der Waals surface area contributed by atoms with Crippen LogP contribution in [0.25, 0.3) is 11.5 Å². The molecular weight excluding hydrogens is 452 g/mol. The van der Waals surface area contributed by atoms with Gasteiger partial charge in [-0.15, -0.1) is 5.10 Å². The zero-order valence-electron chi connectivity index (χ0n) is 19.3. The summed E-state index contributed by atoms with van der Waals surface area (Å²) in [5.41, 5.74) is 0.522. The largest absolute Gasteiger partial charge is 0.490 e. The lowest BCUT2D eigenvalue weighted by Crippen LogP contribution is -2.49. The van der Waals surface area contributed by atoms with Gasteiger partial charge in [0.2, 0.25) is 27.6 Å². The Bertz CT molecular complexity index is 1040. The van der Waals surface area contributed by atoms with Crippen molar-refractivity contribution in [3.05, 3.63) is 12.1 Å². The lowest BCUT2D eigenvalue weighted by Gasteiger charge is -2.32. The molecule has 1 aliphatic heterocycles. The van der Waals surface area contributed by atoms with Crippen molar-refractivity contribution in [2.24, 2.45) is 0 Å². The Morgan fingerprint density at radius 1 is 1.09 bits per heavy atom. The van der Waals surface area contributed by atoms with E-state index in [4.69, 9.17) is 18.6 Å². The van der Waals surface area contributed by atoms with Crippen molar-refractivity contribution in [1.29, 1.82) is 0 Å². The van der Waals surface area contributed by atoms with E-state index in [0.29, 0.717) is 62.0 Å². The SMILES string of the molecule is CCOc1cc(-c2nnc(NC(=O)C3CCCCN3S(C)(=O)=O)o2)cc(OCC)c1OCC. The summed E-state index contributed by atoms with van der Waals surface area (Å²) in [7, 11) is -3.51. The van der Waals surface area contributed by atoms with Crippen LogP contribution in [0.1, 0.15) is 40.0 Å².